The predicted molar refractivity (Wildman–Crippen MR) is 72.8 cm³/mol. The third-order valence-electron chi connectivity index (χ3n) is 2.47. The van der Waals surface area contributed by atoms with Crippen molar-refractivity contribution in [2.45, 2.75) is 13.3 Å². The zero-order valence-electron chi connectivity index (χ0n) is 10.5. The van der Waals surface area contributed by atoms with Gasteiger partial charge in [-0.3, -0.25) is 4.79 Å². The lowest BCUT2D eigenvalue weighted by atomic mass is 10.3. The highest BCUT2D eigenvalue weighted by atomic mass is 19.1. The molecule has 98 valence electrons. The van der Waals surface area contributed by atoms with Crippen molar-refractivity contribution in [3.8, 4) is 0 Å². The van der Waals surface area contributed by atoms with Crippen molar-refractivity contribution >= 4 is 23.1 Å². The minimum atomic E-state index is -0.308. The molecule has 0 radical (unpaired) electrons. The average Bonchev–Trinajstić information content (AvgIpc) is 2.41. The fourth-order valence-corrected chi connectivity index (χ4v) is 1.51. The molecule has 1 aromatic carbocycles. The molecule has 0 unspecified atom stereocenters. The lowest BCUT2D eigenvalue weighted by molar-refractivity contribution is -0.115. The van der Waals surface area contributed by atoms with Crippen LogP contribution in [0.15, 0.2) is 42.6 Å². The van der Waals surface area contributed by atoms with Gasteiger partial charge in [-0.05, 0) is 30.3 Å². The van der Waals surface area contributed by atoms with E-state index in [1.165, 1.54) is 12.1 Å². The molecule has 2 N–H and O–H groups in total. The molecule has 2 rings (SSSR count). The van der Waals surface area contributed by atoms with Gasteiger partial charge in [-0.1, -0.05) is 13.0 Å². The van der Waals surface area contributed by atoms with E-state index < -0.39 is 0 Å². The molecule has 0 aliphatic rings. The summed E-state index contributed by atoms with van der Waals surface area (Å²) in [4.78, 5) is 15.3. The Morgan fingerprint density at radius 1 is 1.26 bits per heavy atom. The fraction of sp³-hybridized carbons (Fsp3) is 0.143. The minimum absolute atomic E-state index is 0.0624. The summed E-state index contributed by atoms with van der Waals surface area (Å²) in [7, 11) is 0. The summed E-state index contributed by atoms with van der Waals surface area (Å²) >= 11 is 0. The maximum atomic E-state index is 13.0. The molecule has 2 aromatic rings. The van der Waals surface area contributed by atoms with E-state index in [2.05, 4.69) is 15.6 Å². The number of aromatic nitrogens is 1. The van der Waals surface area contributed by atoms with Crippen molar-refractivity contribution in [1.82, 2.24) is 4.98 Å². The number of halogens is 1. The van der Waals surface area contributed by atoms with Crippen LogP contribution in [0.4, 0.5) is 21.6 Å². The number of rotatable bonds is 4. The van der Waals surface area contributed by atoms with Gasteiger partial charge in [-0.25, -0.2) is 9.37 Å². The first kappa shape index (κ1) is 13.0. The van der Waals surface area contributed by atoms with Crippen LogP contribution in [0.1, 0.15) is 13.3 Å². The highest BCUT2D eigenvalue weighted by Crippen LogP contribution is 2.16. The monoisotopic (exact) mass is 259 g/mol. The van der Waals surface area contributed by atoms with Crippen molar-refractivity contribution in [1.29, 1.82) is 0 Å². The summed E-state index contributed by atoms with van der Waals surface area (Å²) in [5, 5.41) is 5.68. The van der Waals surface area contributed by atoms with Gasteiger partial charge in [0, 0.05) is 12.1 Å². The lowest BCUT2D eigenvalue weighted by Crippen LogP contribution is -2.09. The second-order valence-corrected chi connectivity index (χ2v) is 3.97. The number of carbonyl (C=O) groups is 1. The summed E-state index contributed by atoms with van der Waals surface area (Å²) in [6.45, 7) is 1.78. The number of nitrogens with one attached hydrogen (secondary N) is 2. The average molecular weight is 259 g/mol. The molecule has 0 bridgehead atoms. The number of pyridine rings is 1. The molecule has 1 heterocycles. The number of amides is 1. The number of benzene rings is 1. The maximum Gasteiger partial charge on any atom is 0.224 e. The van der Waals surface area contributed by atoms with Crippen LogP contribution in [0, 0.1) is 5.82 Å². The molecule has 0 saturated heterocycles. The van der Waals surface area contributed by atoms with E-state index in [-0.39, 0.29) is 11.7 Å². The largest absolute Gasteiger partial charge is 0.340 e. The van der Waals surface area contributed by atoms with E-state index in [1.807, 2.05) is 0 Å². The van der Waals surface area contributed by atoms with E-state index in [0.717, 1.165) is 0 Å². The second-order valence-electron chi connectivity index (χ2n) is 3.97. The molecule has 5 heteroatoms. The van der Waals surface area contributed by atoms with Gasteiger partial charge in [-0.15, -0.1) is 0 Å². The zero-order valence-corrected chi connectivity index (χ0v) is 10.5. The minimum Gasteiger partial charge on any atom is -0.340 e. The van der Waals surface area contributed by atoms with Gasteiger partial charge < -0.3 is 10.6 Å². The topological polar surface area (TPSA) is 54.0 Å². The van der Waals surface area contributed by atoms with Crippen LogP contribution in [-0.2, 0) is 4.79 Å². The molecule has 0 aliphatic heterocycles. The molecule has 19 heavy (non-hydrogen) atoms. The quantitative estimate of drug-likeness (QED) is 0.885. The van der Waals surface area contributed by atoms with Crippen LogP contribution < -0.4 is 10.6 Å². The Morgan fingerprint density at radius 3 is 2.74 bits per heavy atom. The van der Waals surface area contributed by atoms with Crippen LogP contribution >= 0.6 is 0 Å². The molecule has 0 saturated carbocycles. The van der Waals surface area contributed by atoms with Crippen molar-refractivity contribution < 1.29 is 9.18 Å². The third-order valence-corrected chi connectivity index (χ3v) is 2.47. The number of anilines is 3. The van der Waals surface area contributed by atoms with E-state index in [4.69, 9.17) is 0 Å². The van der Waals surface area contributed by atoms with Crippen LogP contribution in [0.25, 0.3) is 0 Å². The van der Waals surface area contributed by atoms with E-state index in [9.17, 15) is 9.18 Å². The molecule has 4 nitrogen and oxygen atoms in total. The van der Waals surface area contributed by atoms with Crippen molar-refractivity contribution in [3.63, 3.8) is 0 Å². The van der Waals surface area contributed by atoms with E-state index in [1.54, 1.807) is 37.4 Å². The maximum absolute atomic E-state index is 13.0. The van der Waals surface area contributed by atoms with Crippen LogP contribution in [0.2, 0.25) is 0 Å². The lowest BCUT2D eigenvalue weighted by Gasteiger charge is -2.07. The summed E-state index contributed by atoms with van der Waals surface area (Å²) < 4.78 is 13.0. The molecule has 0 spiro atoms. The predicted octanol–water partition coefficient (Wildman–Crippen LogP) is 3.31. The molecule has 1 aromatic heterocycles. The highest BCUT2D eigenvalue weighted by Gasteiger charge is 2.01. The number of nitrogens with zero attached hydrogens (tertiary/aromatic N) is 1. The highest BCUT2D eigenvalue weighted by molar-refractivity contribution is 5.90. The summed E-state index contributed by atoms with van der Waals surface area (Å²) in [6, 6.07) is 9.58. The first-order chi connectivity index (χ1) is 9.17. The summed E-state index contributed by atoms with van der Waals surface area (Å²) in [5.41, 5.74) is 1.26. The van der Waals surface area contributed by atoms with Gasteiger partial charge in [-0.2, -0.15) is 0 Å². The Bertz CT molecular complexity index is 569. The normalized spacial score (nSPS) is 10.0. The van der Waals surface area contributed by atoms with Crippen molar-refractivity contribution in [2.24, 2.45) is 0 Å². The zero-order chi connectivity index (χ0) is 13.7. The number of hydrogen-bond donors (Lipinski definition) is 2. The number of hydrogen-bond acceptors (Lipinski definition) is 3. The second kappa shape index (κ2) is 5.95. The first-order valence-electron chi connectivity index (χ1n) is 5.96. The van der Waals surface area contributed by atoms with E-state index in [0.29, 0.717) is 23.6 Å². The molecule has 0 fully saturated rings. The number of carbonyl (C=O) groups excluding carboxylic acids is 1. The van der Waals surface area contributed by atoms with Crippen LogP contribution in [0.3, 0.4) is 0 Å². The van der Waals surface area contributed by atoms with Gasteiger partial charge >= 0.3 is 0 Å². The Morgan fingerprint density at radius 2 is 2.11 bits per heavy atom. The Kier molecular flexibility index (Phi) is 4.07. The molecule has 1 amide bonds. The molecular formula is C14H14FN3O. The third kappa shape index (κ3) is 3.77. The summed E-state index contributed by atoms with van der Waals surface area (Å²) in [6.07, 6.45) is 1.97. The molecule has 0 aliphatic carbocycles. The SMILES string of the molecule is CCC(=O)Nc1ccc(Nc2cccc(F)c2)nc1. The van der Waals surface area contributed by atoms with Gasteiger partial charge in [0.25, 0.3) is 0 Å². The van der Waals surface area contributed by atoms with Gasteiger partial charge in [0.05, 0.1) is 11.9 Å². The smallest absolute Gasteiger partial charge is 0.224 e. The summed E-state index contributed by atoms with van der Waals surface area (Å²) in [5.74, 6) is 0.213. The standard InChI is InChI=1S/C14H14FN3O/c1-2-14(19)18-12-6-7-13(16-9-12)17-11-5-3-4-10(15)8-11/h3-9H,2H2,1H3,(H,16,17)(H,18,19). The first-order valence-corrected chi connectivity index (χ1v) is 5.96. The van der Waals surface area contributed by atoms with Gasteiger partial charge in [0.2, 0.25) is 5.91 Å². The molecule has 0 atom stereocenters. The van der Waals surface area contributed by atoms with E-state index >= 15 is 0 Å². The van der Waals surface area contributed by atoms with Crippen molar-refractivity contribution in [3.05, 3.63) is 48.4 Å². The fourth-order valence-electron chi connectivity index (χ4n) is 1.51. The van der Waals surface area contributed by atoms with Crippen LogP contribution in [-0.4, -0.2) is 10.9 Å². The Balaban J connectivity index is 2.04. The Hall–Kier alpha value is -2.43. The molecular weight excluding hydrogens is 245 g/mol. The van der Waals surface area contributed by atoms with Crippen molar-refractivity contribution in [2.75, 3.05) is 10.6 Å². The Labute approximate surface area is 110 Å². The van der Waals surface area contributed by atoms with Gasteiger partial charge in [0.15, 0.2) is 0 Å². The van der Waals surface area contributed by atoms with Crippen LogP contribution in [0.5, 0.6) is 0 Å². The van der Waals surface area contributed by atoms with Gasteiger partial charge in [0.1, 0.15) is 11.6 Å².